The predicted octanol–water partition coefficient (Wildman–Crippen LogP) is -9.32. The summed E-state index contributed by atoms with van der Waals surface area (Å²) < 4.78 is 0. The van der Waals surface area contributed by atoms with Crippen LogP contribution in [0.15, 0.2) is 30.3 Å². The van der Waals surface area contributed by atoms with Gasteiger partial charge < -0.3 is 34.7 Å². The summed E-state index contributed by atoms with van der Waals surface area (Å²) in [5.41, 5.74) is 0.220. The average Bonchev–Trinajstić information content (AvgIpc) is 1.90. The molecule has 1 aromatic carbocycles. The number of benzene rings is 1. The van der Waals surface area contributed by atoms with Crippen molar-refractivity contribution in [3.63, 3.8) is 0 Å². The van der Waals surface area contributed by atoms with Crippen LogP contribution >= 0.6 is 0 Å². The Bertz CT molecular complexity index is 221. The van der Waals surface area contributed by atoms with Gasteiger partial charge in [-0.3, -0.25) is 0 Å². The van der Waals surface area contributed by atoms with Gasteiger partial charge in [0.15, 0.2) is 0 Å². The van der Waals surface area contributed by atoms with Gasteiger partial charge in [0.1, 0.15) is 0 Å². The van der Waals surface area contributed by atoms with E-state index in [0.29, 0.717) is 0 Å². The predicted molar refractivity (Wildman–Crippen MR) is 36.5 cm³/mol. The molecule has 0 saturated carbocycles. The normalized spacial score (nSPS) is 6.15. The number of hydrogen-bond acceptors (Lipinski definition) is 2. The molecule has 1 aromatic rings. The third-order valence-corrected chi connectivity index (χ3v) is 1.01. The summed E-state index contributed by atoms with van der Waals surface area (Å²) in [7, 11) is 0. The number of hydrogen-bond donors (Lipinski definition) is 0. The first-order valence-electron chi connectivity index (χ1n) is 2.57. The number of carboxylic acid groups (broad SMARTS) is 1. The quantitative estimate of drug-likeness (QED) is 0.471. The Morgan fingerprint density at radius 3 is 1.69 bits per heavy atom. The molecule has 0 fully saturated rings. The van der Waals surface area contributed by atoms with Crippen LogP contribution < -0.4 is 59.5 Å². The van der Waals surface area contributed by atoms with E-state index in [1.165, 1.54) is 12.1 Å². The maximum absolute atomic E-state index is 10.1. The minimum absolute atomic E-state index is 0. The zero-order chi connectivity index (χ0) is 6.69. The summed E-state index contributed by atoms with van der Waals surface area (Å²) in [4.78, 5) is 10.1. The molecule has 0 radical (unpaired) electrons. The molecule has 1 rings (SSSR count). The molecule has 0 saturated heterocycles. The van der Waals surface area contributed by atoms with Gasteiger partial charge in [-0.05, 0) is 5.56 Å². The molecular formula is C7H5BaCl2NaO2. The van der Waals surface area contributed by atoms with Crippen LogP contribution in [0, 0.1) is 0 Å². The van der Waals surface area contributed by atoms with Crippen LogP contribution in [-0.2, 0) is 0 Å². The van der Waals surface area contributed by atoms with Crippen LogP contribution in [0.25, 0.3) is 0 Å². The van der Waals surface area contributed by atoms with Crippen molar-refractivity contribution >= 4 is 54.9 Å². The number of carbonyl (C=O) groups excluding carboxylic acids is 1. The second-order valence-corrected chi connectivity index (χ2v) is 1.65. The van der Waals surface area contributed by atoms with Gasteiger partial charge in [-0.15, -0.1) is 0 Å². The van der Waals surface area contributed by atoms with E-state index in [1.54, 1.807) is 18.2 Å². The Morgan fingerprint density at radius 2 is 1.46 bits per heavy atom. The summed E-state index contributed by atoms with van der Waals surface area (Å²) in [6.45, 7) is 0. The second-order valence-electron chi connectivity index (χ2n) is 1.65. The molecule has 0 N–H and O–H groups in total. The molecule has 0 aliphatic heterocycles. The van der Waals surface area contributed by atoms with Crippen LogP contribution in [0.1, 0.15) is 10.4 Å². The topological polar surface area (TPSA) is 40.1 Å². The van der Waals surface area contributed by atoms with E-state index < -0.39 is 5.97 Å². The number of halogens is 2. The molecule has 0 aromatic heterocycles. The minimum atomic E-state index is -1.13. The second kappa shape index (κ2) is 13.8. The molecule has 0 heterocycles. The maximum Gasteiger partial charge on any atom is 2.00 e. The first-order chi connectivity index (χ1) is 4.30. The van der Waals surface area contributed by atoms with Crippen LogP contribution in [0.4, 0.5) is 0 Å². The van der Waals surface area contributed by atoms with E-state index in [0.717, 1.165) is 0 Å². The van der Waals surface area contributed by atoms with Gasteiger partial charge in [0.25, 0.3) is 0 Å². The molecular weight excluding hydrogens is 347 g/mol. The van der Waals surface area contributed by atoms with Crippen molar-refractivity contribution in [2.75, 3.05) is 0 Å². The fourth-order valence-corrected chi connectivity index (χ4v) is 0.574. The standard InChI is InChI=1S/C7H6O2.Ba.2ClH.Na/c8-7(9)6-4-2-1-3-5-6;;;;/h1-5H,(H,8,9);;2*1H;/q;+2;;;+1/p-3. The van der Waals surface area contributed by atoms with Gasteiger partial charge >= 0.3 is 78.4 Å². The molecule has 0 bridgehead atoms. The Hall–Kier alpha value is 1.84. The molecule has 0 spiro atoms. The Balaban J connectivity index is -0.000000101. The summed E-state index contributed by atoms with van der Waals surface area (Å²) >= 11 is 0. The van der Waals surface area contributed by atoms with Gasteiger partial charge in [0.2, 0.25) is 0 Å². The summed E-state index contributed by atoms with van der Waals surface area (Å²) in [6.07, 6.45) is 0. The first-order valence-corrected chi connectivity index (χ1v) is 2.57. The van der Waals surface area contributed by atoms with Gasteiger partial charge in [0, 0.05) is 0 Å². The molecule has 6 heteroatoms. The number of carbonyl (C=O) groups is 1. The van der Waals surface area contributed by atoms with Crippen LogP contribution in [0.2, 0.25) is 0 Å². The van der Waals surface area contributed by atoms with Crippen molar-refractivity contribution in [3.8, 4) is 0 Å². The van der Waals surface area contributed by atoms with Crippen molar-refractivity contribution in [1.82, 2.24) is 0 Å². The molecule has 0 atom stereocenters. The zero-order valence-corrected chi connectivity index (χ0v) is 15.1. The summed E-state index contributed by atoms with van der Waals surface area (Å²) in [5.74, 6) is -1.13. The van der Waals surface area contributed by atoms with Crippen LogP contribution in [-0.4, -0.2) is 54.9 Å². The monoisotopic (exact) mass is 352 g/mol. The van der Waals surface area contributed by atoms with Crippen molar-refractivity contribution in [2.24, 2.45) is 0 Å². The fourth-order valence-electron chi connectivity index (χ4n) is 0.574. The van der Waals surface area contributed by atoms with Crippen molar-refractivity contribution in [1.29, 1.82) is 0 Å². The molecule has 0 aliphatic carbocycles. The molecule has 2 nitrogen and oxygen atoms in total. The average molecular weight is 352 g/mol. The van der Waals surface area contributed by atoms with Crippen LogP contribution in [0.5, 0.6) is 0 Å². The largest absolute Gasteiger partial charge is 2.00 e. The summed E-state index contributed by atoms with van der Waals surface area (Å²) in [6, 6.07) is 8.06. The molecule has 0 aliphatic rings. The Morgan fingerprint density at radius 1 is 1.08 bits per heavy atom. The SMILES string of the molecule is O=C([O-])c1ccccc1.[Ba+2].[Cl-].[Cl-].[Na+]. The number of rotatable bonds is 1. The van der Waals surface area contributed by atoms with E-state index in [2.05, 4.69) is 0 Å². The minimum Gasteiger partial charge on any atom is -1.00 e. The van der Waals surface area contributed by atoms with Crippen molar-refractivity contribution < 1.29 is 64.3 Å². The zero-order valence-electron chi connectivity index (χ0n) is 7.17. The third-order valence-electron chi connectivity index (χ3n) is 1.01. The Kier molecular flexibility index (Phi) is 25.8. The van der Waals surface area contributed by atoms with Crippen molar-refractivity contribution in [3.05, 3.63) is 35.9 Å². The number of carboxylic acids is 1. The smallest absolute Gasteiger partial charge is 1.00 e. The fraction of sp³-hybridized carbons (Fsp3) is 0. The van der Waals surface area contributed by atoms with E-state index in [1.807, 2.05) is 0 Å². The van der Waals surface area contributed by atoms with Gasteiger partial charge in [-0.25, -0.2) is 0 Å². The van der Waals surface area contributed by atoms with E-state index in [4.69, 9.17) is 0 Å². The third kappa shape index (κ3) is 10.1. The molecule has 13 heavy (non-hydrogen) atoms. The number of aromatic carboxylic acids is 1. The Labute approximate surface area is 152 Å². The van der Waals surface area contributed by atoms with Crippen molar-refractivity contribution in [2.45, 2.75) is 0 Å². The van der Waals surface area contributed by atoms with Crippen LogP contribution in [0.3, 0.4) is 0 Å². The molecule has 0 unspecified atom stereocenters. The van der Waals surface area contributed by atoms with Gasteiger partial charge in [-0.2, -0.15) is 0 Å². The molecule has 62 valence electrons. The summed E-state index contributed by atoms with van der Waals surface area (Å²) in [5, 5.41) is 10.1. The van der Waals surface area contributed by atoms with Gasteiger partial charge in [0.05, 0.1) is 5.97 Å². The van der Waals surface area contributed by atoms with E-state index >= 15 is 0 Å². The maximum atomic E-state index is 10.1. The van der Waals surface area contributed by atoms with E-state index in [9.17, 15) is 9.90 Å². The van der Waals surface area contributed by atoms with E-state index in [-0.39, 0.29) is 109 Å². The molecule has 0 amide bonds. The first kappa shape index (κ1) is 24.2. The van der Waals surface area contributed by atoms with Gasteiger partial charge in [-0.1, -0.05) is 30.3 Å².